The smallest absolute Gasteiger partial charge is 0.338 e. The molecule has 41 heavy (non-hydrogen) atoms. The molecule has 0 bridgehead atoms. The molecule has 0 radical (unpaired) electrons. The van der Waals surface area contributed by atoms with Crippen LogP contribution in [-0.2, 0) is 4.74 Å². The van der Waals surface area contributed by atoms with Crippen molar-refractivity contribution in [2.75, 3.05) is 19.6 Å². The topological polar surface area (TPSA) is 203 Å². The predicted molar refractivity (Wildman–Crippen MR) is 144 cm³/mol. The van der Waals surface area contributed by atoms with E-state index in [-0.39, 0.29) is 29.7 Å². The number of carboxylic acid groups (broad SMARTS) is 1. The fourth-order valence-electron chi connectivity index (χ4n) is 4.63. The van der Waals surface area contributed by atoms with Crippen LogP contribution in [0.3, 0.4) is 0 Å². The second-order valence-electron chi connectivity index (χ2n) is 9.53. The number of carbonyl (C=O) groups is 4. The van der Waals surface area contributed by atoms with Crippen LogP contribution in [0.1, 0.15) is 59.8 Å². The Kier molecular flexibility index (Phi) is 8.73. The summed E-state index contributed by atoms with van der Waals surface area (Å²) in [4.78, 5) is 50.2. The molecule has 0 aliphatic carbocycles. The molecule has 0 aromatic heterocycles. The molecule has 7 N–H and O–H groups in total. The summed E-state index contributed by atoms with van der Waals surface area (Å²) in [7, 11) is 0. The molecule has 1 saturated heterocycles. The van der Waals surface area contributed by atoms with E-state index in [1.807, 2.05) is 0 Å². The van der Waals surface area contributed by atoms with Crippen molar-refractivity contribution in [3.63, 3.8) is 0 Å². The summed E-state index contributed by atoms with van der Waals surface area (Å²) in [5.74, 6) is -6.52. The first-order chi connectivity index (χ1) is 19.6. The summed E-state index contributed by atoms with van der Waals surface area (Å²) in [6, 6.07) is 11.0. The summed E-state index contributed by atoms with van der Waals surface area (Å²) < 4.78 is 5.70. The zero-order chi connectivity index (χ0) is 29.7. The van der Waals surface area contributed by atoms with Gasteiger partial charge in [-0.05, 0) is 67.9 Å². The van der Waals surface area contributed by atoms with Crippen molar-refractivity contribution in [1.82, 2.24) is 10.6 Å². The highest BCUT2D eigenvalue weighted by Gasteiger charge is 2.31. The summed E-state index contributed by atoms with van der Waals surface area (Å²) in [6.45, 7) is 1.27. The summed E-state index contributed by atoms with van der Waals surface area (Å²) in [5, 5.41) is 56.1. The van der Waals surface area contributed by atoms with E-state index in [0.717, 1.165) is 24.3 Å². The minimum absolute atomic E-state index is 0.0270. The van der Waals surface area contributed by atoms with Gasteiger partial charge in [0.05, 0.1) is 16.7 Å². The predicted octanol–water partition coefficient (Wildman–Crippen LogP) is 2.39. The Morgan fingerprint density at radius 2 is 1.56 bits per heavy atom. The Bertz CT molecular complexity index is 1460. The van der Waals surface area contributed by atoms with Gasteiger partial charge in [-0.2, -0.15) is 0 Å². The molecule has 12 nitrogen and oxygen atoms in total. The van der Waals surface area contributed by atoms with Crippen molar-refractivity contribution in [2.45, 2.75) is 18.9 Å². The lowest BCUT2D eigenvalue weighted by Crippen LogP contribution is -2.40. The molecule has 3 aromatic carbocycles. The lowest BCUT2D eigenvalue weighted by Gasteiger charge is -2.25. The Balaban J connectivity index is 1.51. The average molecular weight is 565 g/mol. The first-order valence-corrected chi connectivity index (χ1v) is 12.7. The lowest BCUT2D eigenvalue weighted by atomic mass is 9.95. The van der Waals surface area contributed by atoms with Crippen molar-refractivity contribution in [2.24, 2.45) is 5.92 Å². The molecule has 0 spiro atoms. The molecule has 2 atom stereocenters. The third kappa shape index (κ3) is 6.56. The van der Waals surface area contributed by atoms with Crippen LogP contribution in [-0.4, -0.2) is 74.9 Å². The number of carboxylic acids is 1. The van der Waals surface area contributed by atoms with Crippen molar-refractivity contribution in [3.8, 4) is 23.0 Å². The molecule has 1 fully saturated rings. The molecule has 4 rings (SSSR count). The number of amides is 1. The van der Waals surface area contributed by atoms with Crippen LogP contribution in [0.25, 0.3) is 0 Å². The third-order valence-electron chi connectivity index (χ3n) is 6.75. The Morgan fingerprint density at radius 3 is 2.22 bits per heavy atom. The van der Waals surface area contributed by atoms with Crippen molar-refractivity contribution >= 4 is 23.6 Å². The van der Waals surface area contributed by atoms with Crippen LogP contribution >= 0.6 is 0 Å². The van der Waals surface area contributed by atoms with Crippen LogP contribution in [0.2, 0.25) is 0 Å². The fourth-order valence-corrected chi connectivity index (χ4v) is 4.63. The number of rotatable bonds is 8. The van der Waals surface area contributed by atoms with E-state index < -0.39 is 57.8 Å². The molecule has 0 saturated carbocycles. The lowest BCUT2D eigenvalue weighted by molar-refractivity contribution is 0.0135. The van der Waals surface area contributed by atoms with Crippen LogP contribution in [0.4, 0.5) is 0 Å². The number of aromatic hydroxyl groups is 4. The zero-order valence-electron chi connectivity index (χ0n) is 21.7. The summed E-state index contributed by atoms with van der Waals surface area (Å²) in [6.07, 6.45) is 0.511. The maximum atomic E-state index is 13.0. The van der Waals surface area contributed by atoms with E-state index >= 15 is 0 Å². The molecule has 1 heterocycles. The van der Waals surface area contributed by atoms with E-state index in [1.165, 1.54) is 30.3 Å². The minimum atomic E-state index is -1.50. The Hall–Kier alpha value is -5.10. The number of phenols is 4. The summed E-state index contributed by atoms with van der Waals surface area (Å²) in [5.41, 5.74) is -1.79. The van der Waals surface area contributed by atoms with Crippen molar-refractivity contribution < 1.29 is 49.4 Å². The summed E-state index contributed by atoms with van der Waals surface area (Å²) >= 11 is 0. The van der Waals surface area contributed by atoms with Gasteiger partial charge >= 0.3 is 11.9 Å². The SMILES string of the molecule is O=C(NCC1CNCCCC1OC(=O)c1cc(O)c(C(=O)c2c(O)cccc2C(=O)O)c(O)c1)c1ccc(O)cc1. The first-order valence-electron chi connectivity index (χ1n) is 12.7. The van der Waals surface area contributed by atoms with Crippen LogP contribution in [0, 0.1) is 5.92 Å². The largest absolute Gasteiger partial charge is 0.508 e. The van der Waals surface area contributed by atoms with Gasteiger partial charge in [-0.1, -0.05) is 6.07 Å². The van der Waals surface area contributed by atoms with Gasteiger partial charge in [0.1, 0.15) is 34.7 Å². The van der Waals surface area contributed by atoms with E-state index in [2.05, 4.69) is 10.6 Å². The first kappa shape index (κ1) is 28.9. The van der Waals surface area contributed by atoms with E-state index in [9.17, 15) is 44.7 Å². The van der Waals surface area contributed by atoms with Gasteiger partial charge in [-0.15, -0.1) is 0 Å². The van der Waals surface area contributed by atoms with Gasteiger partial charge in [-0.3, -0.25) is 9.59 Å². The minimum Gasteiger partial charge on any atom is -0.508 e. The molecule has 1 aliphatic heterocycles. The monoisotopic (exact) mass is 564 g/mol. The number of carbonyl (C=O) groups excluding carboxylic acids is 3. The number of aromatic carboxylic acids is 1. The van der Waals surface area contributed by atoms with Crippen LogP contribution < -0.4 is 10.6 Å². The maximum absolute atomic E-state index is 13.0. The molecular weight excluding hydrogens is 536 g/mol. The van der Waals surface area contributed by atoms with Crippen LogP contribution in [0.15, 0.2) is 54.6 Å². The van der Waals surface area contributed by atoms with Crippen molar-refractivity contribution in [1.29, 1.82) is 0 Å². The second kappa shape index (κ2) is 12.4. The van der Waals surface area contributed by atoms with Gasteiger partial charge in [0.2, 0.25) is 5.78 Å². The zero-order valence-corrected chi connectivity index (χ0v) is 21.7. The molecular formula is C29H28N2O10. The average Bonchev–Trinajstić information content (AvgIpc) is 3.16. The number of hydrogen-bond donors (Lipinski definition) is 7. The standard InChI is InChI=1S/C29H28N2O10/c32-18-8-6-15(7-9-18)27(37)31-14-17-13-30-10-2-5-23(17)41-29(40)16-11-21(34)25(22(35)12-16)26(36)24-19(28(38)39)3-1-4-20(24)33/h1,3-4,6-9,11-12,17,23,30,32-35H,2,5,10,13-14H2,(H,31,37)(H,38,39). The van der Waals surface area contributed by atoms with E-state index in [0.29, 0.717) is 31.5 Å². The molecule has 1 aliphatic rings. The van der Waals surface area contributed by atoms with Crippen LogP contribution in [0.5, 0.6) is 23.0 Å². The number of hydrogen-bond acceptors (Lipinski definition) is 10. The normalized spacial score (nSPS) is 16.8. The highest BCUT2D eigenvalue weighted by atomic mass is 16.5. The molecule has 12 heteroatoms. The highest BCUT2D eigenvalue weighted by Crippen LogP contribution is 2.35. The fraction of sp³-hybridized carbons (Fsp3) is 0.241. The van der Waals surface area contributed by atoms with Gasteiger partial charge in [0.15, 0.2) is 0 Å². The Labute approximate surface area is 233 Å². The van der Waals surface area contributed by atoms with Gasteiger partial charge in [0, 0.05) is 24.6 Å². The second-order valence-corrected chi connectivity index (χ2v) is 9.53. The van der Waals surface area contributed by atoms with E-state index in [4.69, 9.17) is 4.74 Å². The quantitative estimate of drug-likeness (QED) is 0.156. The molecule has 2 unspecified atom stereocenters. The Morgan fingerprint density at radius 1 is 0.878 bits per heavy atom. The number of ether oxygens (including phenoxy) is 1. The molecule has 214 valence electrons. The highest BCUT2D eigenvalue weighted by molar-refractivity contribution is 6.18. The third-order valence-corrected chi connectivity index (χ3v) is 6.75. The molecule has 3 aromatic rings. The number of nitrogens with one attached hydrogen (secondary N) is 2. The maximum Gasteiger partial charge on any atom is 0.338 e. The van der Waals surface area contributed by atoms with Gasteiger partial charge in [0.25, 0.3) is 5.91 Å². The van der Waals surface area contributed by atoms with Crippen molar-refractivity contribution in [3.05, 3.63) is 82.4 Å². The number of phenolic OH excluding ortho intramolecular Hbond substituents is 4. The van der Waals surface area contributed by atoms with E-state index in [1.54, 1.807) is 0 Å². The number of esters is 1. The molecule has 1 amide bonds. The number of ketones is 1. The van der Waals surface area contributed by atoms with Gasteiger partial charge in [-0.25, -0.2) is 9.59 Å². The van der Waals surface area contributed by atoms with Gasteiger partial charge < -0.3 is 40.9 Å². The number of benzene rings is 3.